The lowest BCUT2D eigenvalue weighted by Crippen LogP contribution is -2.64. The van der Waals surface area contributed by atoms with Gasteiger partial charge in [-0.1, -0.05) is 179 Å². The Morgan fingerprint density at radius 3 is 1.63 bits per heavy atom. The average Bonchev–Trinajstić information content (AvgIpc) is 3.77. The molecule has 0 aliphatic carbocycles. The van der Waals surface area contributed by atoms with Crippen molar-refractivity contribution in [2.24, 2.45) is 23.7 Å². The van der Waals surface area contributed by atoms with E-state index < -0.39 is 17.5 Å². The lowest BCUT2D eigenvalue weighted by atomic mass is 9.75. The molecule has 7 heterocycles. The van der Waals surface area contributed by atoms with E-state index in [-0.39, 0.29) is 103 Å². The van der Waals surface area contributed by atoms with Crippen LogP contribution in [0, 0.1) is 23.7 Å². The van der Waals surface area contributed by atoms with Gasteiger partial charge in [0.15, 0.2) is 5.79 Å². The summed E-state index contributed by atoms with van der Waals surface area (Å²) >= 11 is 0. The molecule has 0 unspecified atom stereocenters. The van der Waals surface area contributed by atoms with Crippen molar-refractivity contribution in [2.75, 3.05) is 13.2 Å². The van der Waals surface area contributed by atoms with Gasteiger partial charge in [-0.2, -0.15) is 0 Å². The summed E-state index contributed by atoms with van der Waals surface area (Å²) in [5.41, 5.74) is 4.79. The molecule has 0 aromatic heterocycles. The molecule has 20 atom stereocenters. The summed E-state index contributed by atoms with van der Waals surface area (Å²) in [6.07, 6.45) is 0.929. The van der Waals surface area contributed by atoms with Gasteiger partial charge in [-0.15, -0.1) is 0 Å². The molecule has 5 aromatic rings. The fourth-order valence-corrected chi connectivity index (χ4v) is 14.4. The molecule has 12 nitrogen and oxygen atoms in total. The molecular weight excluding hydrogens is 1020 g/mol. The van der Waals surface area contributed by atoms with E-state index >= 15 is 0 Å². The molecule has 12 rings (SSSR count). The second kappa shape index (κ2) is 25.9. The van der Waals surface area contributed by atoms with Crippen LogP contribution >= 0.6 is 0 Å². The molecule has 7 fully saturated rings. The van der Waals surface area contributed by atoms with Gasteiger partial charge in [-0.05, 0) is 65.8 Å². The van der Waals surface area contributed by atoms with E-state index in [2.05, 4.69) is 156 Å². The Balaban J connectivity index is 0.804. The molecule has 7 aliphatic heterocycles. The number of hydrogen-bond donors (Lipinski definition) is 0. The highest BCUT2D eigenvalue weighted by atomic mass is 16.7. The number of ether oxygens (including phenoxy) is 12. The van der Waals surface area contributed by atoms with Crippen molar-refractivity contribution in [1.29, 1.82) is 0 Å². The second-order valence-corrected chi connectivity index (χ2v) is 24.8. The van der Waals surface area contributed by atoms with Crippen LogP contribution in [-0.2, 0) is 89.9 Å². The molecule has 1 spiro atoms. The molecule has 0 saturated carbocycles. The normalized spacial score (nSPS) is 38.4. The Kier molecular flexibility index (Phi) is 18.2. The lowest BCUT2D eigenvalue weighted by Gasteiger charge is -2.53. The smallest absolute Gasteiger partial charge is 0.174 e. The first-order valence-electron chi connectivity index (χ1n) is 30.4. The third kappa shape index (κ3) is 13.0. The van der Waals surface area contributed by atoms with Gasteiger partial charge >= 0.3 is 0 Å². The number of hydrogen-bond acceptors (Lipinski definition) is 12. The molecule has 434 valence electrons. The van der Waals surface area contributed by atoms with Crippen LogP contribution in [0.2, 0.25) is 0 Å². The summed E-state index contributed by atoms with van der Waals surface area (Å²) in [7, 11) is 0. The zero-order valence-corrected chi connectivity index (χ0v) is 48.1. The fraction of sp³-hybridized carbons (Fsp3) is 0.565. The van der Waals surface area contributed by atoms with Crippen molar-refractivity contribution in [3.05, 3.63) is 179 Å². The minimum atomic E-state index is -0.851. The monoisotopic (exact) mass is 1110 g/mol. The summed E-state index contributed by atoms with van der Waals surface area (Å²) in [5, 5.41) is 0. The first-order chi connectivity index (χ1) is 39.6. The maximum Gasteiger partial charge on any atom is 0.174 e. The van der Waals surface area contributed by atoms with E-state index in [1.165, 1.54) is 0 Å². The van der Waals surface area contributed by atoms with Crippen LogP contribution in [0.25, 0.3) is 0 Å². The van der Waals surface area contributed by atoms with Gasteiger partial charge in [-0.25, -0.2) is 0 Å². The average molecular weight is 1110 g/mol. The zero-order chi connectivity index (χ0) is 55.3. The van der Waals surface area contributed by atoms with Gasteiger partial charge in [0.25, 0.3) is 0 Å². The number of benzene rings is 5. The third-order valence-corrected chi connectivity index (χ3v) is 19.2. The molecule has 5 aromatic carbocycles. The molecule has 0 bridgehead atoms. The van der Waals surface area contributed by atoms with Crippen LogP contribution in [-0.4, -0.2) is 110 Å². The van der Waals surface area contributed by atoms with Crippen LogP contribution < -0.4 is 0 Å². The Bertz CT molecular complexity index is 2710. The summed E-state index contributed by atoms with van der Waals surface area (Å²) in [4.78, 5) is 0. The predicted molar refractivity (Wildman–Crippen MR) is 307 cm³/mol. The van der Waals surface area contributed by atoms with Crippen LogP contribution in [0.1, 0.15) is 107 Å². The Labute approximate surface area is 480 Å². The molecular formula is C69H86O12. The molecule has 0 N–H and O–H groups in total. The lowest BCUT2D eigenvalue weighted by molar-refractivity contribution is -0.342. The van der Waals surface area contributed by atoms with Crippen molar-refractivity contribution < 1.29 is 56.8 Å². The van der Waals surface area contributed by atoms with E-state index in [1.807, 2.05) is 30.3 Å². The van der Waals surface area contributed by atoms with Crippen molar-refractivity contribution in [3.63, 3.8) is 0 Å². The highest BCUT2D eigenvalue weighted by molar-refractivity contribution is 5.18. The van der Waals surface area contributed by atoms with Gasteiger partial charge in [-0.3, -0.25) is 0 Å². The Morgan fingerprint density at radius 2 is 1.00 bits per heavy atom. The molecule has 12 heteroatoms. The third-order valence-electron chi connectivity index (χ3n) is 19.2. The van der Waals surface area contributed by atoms with Crippen molar-refractivity contribution in [3.8, 4) is 0 Å². The maximum absolute atomic E-state index is 7.61. The number of fused-ring (bicyclic) bond motifs is 5. The first kappa shape index (κ1) is 57.1. The SMILES string of the molecule is C[C@@H]1C[C@@H]2O[C@@H]3[C@@H](C)[C@H](OCc4ccccc4)[C@@H]4O[C@]5(C[C@H](OCc6ccccc6)CO5)[C@@H](C)[C@H](C)[C@H]4O[C@H]3C[C@H]2O[C@H]2C[C@H]3O[C@@H](CCOCc4ccccc4)[C@H](OCc4ccccc4)C[C@@H](OCc4ccccc4)[C@]3(C)O[C@@H]2C1. The van der Waals surface area contributed by atoms with Crippen molar-refractivity contribution in [1.82, 2.24) is 0 Å². The summed E-state index contributed by atoms with van der Waals surface area (Å²) in [6.45, 7) is 14.7. The summed E-state index contributed by atoms with van der Waals surface area (Å²) in [5.74, 6) is -0.580. The van der Waals surface area contributed by atoms with Crippen LogP contribution in [0.3, 0.4) is 0 Å². The molecule has 0 radical (unpaired) electrons. The van der Waals surface area contributed by atoms with Gasteiger partial charge in [0, 0.05) is 44.1 Å². The quantitative estimate of drug-likeness (QED) is 0.0827. The van der Waals surface area contributed by atoms with Crippen LogP contribution in [0.15, 0.2) is 152 Å². The molecule has 81 heavy (non-hydrogen) atoms. The van der Waals surface area contributed by atoms with E-state index in [0.717, 1.165) is 40.7 Å². The van der Waals surface area contributed by atoms with Crippen LogP contribution in [0.4, 0.5) is 0 Å². The van der Waals surface area contributed by atoms with E-state index in [1.54, 1.807) is 0 Å². The van der Waals surface area contributed by atoms with Crippen LogP contribution in [0.5, 0.6) is 0 Å². The highest BCUT2D eigenvalue weighted by Crippen LogP contribution is 2.52. The first-order valence-corrected chi connectivity index (χ1v) is 30.4. The van der Waals surface area contributed by atoms with Crippen molar-refractivity contribution >= 4 is 0 Å². The van der Waals surface area contributed by atoms with E-state index in [4.69, 9.17) is 56.8 Å². The summed E-state index contributed by atoms with van der Waals surface area (Å²) < 4.78 is 86.0. The second-order valence-electron chi connectivity index (χ2n) is 24.8. The van der Waals surface area contributed by atoms with Crippen molar-refractivity contribution in [2.45, 2.75) is 209 Å². The van der Waals surface area contributed by atoms with Gasteiger partial charge in [0.05, 0.1) is 119 Å². The summed E-state index contributed by atoms with van der Waals surface area (Å²) in [6, 6.07) is 51.9. The Morgan fingerprint density at radius 1 is 0.469 bits per heavy atom. The number of rotatable bonds is 17. The fourth-order valence-electron chi connectivity index (χ4n) is 14.4. The Hall–Kier alpha value is -4.38. The maximum atomic E-state index is 7.61. The predicted octanol–water partition coefficient (Wildman–Crippen LogP) is 12.2. The largest absolute Gasteiger partial charge is 0.377 e. The van der Waals surface area contributed by atoms with E-state index in [0.29, 0.717) is 78.4 Å². The molecule has 7 saturated heterocycles. The van der Waals surface area contributed by atoms with E-state index in [9.17, 15) is 0 Å². The topological polar surface area (TPSA) is 111 Å². The minimum absolute atomic E-state index is 0.0126. The van der Waals surface area contributed by atoms with Gasteiger partial charge in [0.2, 0.25) is 0 Å². The zero-order valence-electron chi connectivity index (χ0n) is 48.1. The van der Waals surface area contributed by atoms with Gasteiger partial charge in [0.1, 0.15) is 11.7 Å². The highest BCUT2D eigenvalue weighted by Gasteiger charge is 2.63. The minimum Gasteiger partial charge on any atom is -0.377 e. The molecule has 7 aliphatic rings. The standard InChI is InChI=1S/C69H86O12/c1-45-33-57-58(35-61-64(78-57)47(3)65(74-43-53-29-19-10-20-30-53)67-66(79-61)46(2)48(4)69(81-67)38-54(44-75-69)71-40-50-23-13-7-14-24-50)76-59-37-63-68(5,80-60(59)34-45)62(73-42-52-27-17-9-18-28-52)36-56(72-41-51-25-15-8-16-26-51)55(77-63)31-32-70-39-49-21-11-6-12-22-49/h6-30,45-48,54-67H,31-44H2,1-5H3/t45-,46+,47-,48+,54+,55+,56-,57+,58-,59+,60-,61+,62-,63-,64-,65+,66-,67+,68+,69-/m1/s1. The molecule has 0 amide bonds. The van der Waals surface area contributed by atoms with Gasteiger partial charge < -0.3 is 56.8 Å².